The summed E-state index contributed by atoms with van der Waals surface area (Å²) in [4.78, 5) is 41.1. The van der Waals surface area contributed by atoms with E-state index in [-0.39, 0.29) is 41.3 Å². The lowest BCUT2D eigenvalue weighted by Crippen LogP contribution is -2.38. The highest BCUT2D eigenvalue weighted by atomic mass is 35.5. The molecule has 1 aliphatic heterocycles. The number of unbranched alkanes of at least 4 members (excludes halogenated alkanes) is 2. The maximum atomic E-state index is 15.9. The summed E-state index contributed by atoms with van der Waals surface area (Å²) >= 11 is 5.72. The molecule has 0 fully saturated rings. The molecule has 0 radical (unpaired) electrons. The van der Waals surface area contributed by atoms with Gasteiger partial charge in [0.15, 0.2) is 11.5 Å². The number of sulfone groups is 1. The summed E-state index contributed by atoms with van der Waals surface area (Å²) in [6.07, 6.45) is 4.08. The van der Waals surface area contributed by atoms with Gasteiger partial charge in [0, 0.05) is 18.6 Å². The number of halogens is 2. The van der Waals surface area contributed by atoms with Crippen LogP contribution < -0.4 is 14.8 Å². The van der Waals surface area contributed by atoms with E-state index in [4.69, 9.17) is 21.1 Å². The molecule has 2 aromatic carbocycles. The van der Waals surface area contributed by atoms with Crippen LogP contribution in [0.5, 0.6) is 11.5 Å². The molecule has 1 N–H and O–H groups in total. The standard InChI is InChI=1S/C29H36ClFN2O7S/c1-5-7-8-10-19-15-20(32-24(34)11-9-14-30)25-26(27(19)31)29(36)33(28(25)35)21(17-41(4,37)38)18-12-13-22(39-3)23(16-18)40-6-2/h12-13,15-16,21H,5-11,14,17H2,1-4H3,(H,32,34)/t21-/m1/s1. The third-order valence-corrected chi connectivity index (χ3v) is 7.90. The van der Waals surface area contributed by atoms with Crippen molar-refractivity contribution in [2.75, 3.05) is 36.9 Å². The first-order valence-electron chi connectivity index (χ1n) is 13.5. The van der Waals surface area contributed by atoms with Crippen molar-refractivity contribution < 1.29 is 36.7 Å². The van der Waals surface area contributed by atoms with Crippen molar-refractivity contribution in [1.29, 1.82) is 0 Å². The van der Waals surface area contributed by atoms with E-state index < -0.39 is 50.7 Å². The number of imide groups is 1. The molecule has 3 rings (SSSR count). The zero-order valence-corrected chi connectivity index (χ0v) is 25.3. The molecule has 2 aromatic rings. The number of fused-ring (bicyclic) bond motifs is 1. The Morgan fingerprint density at radius 1 is 1.07 bits per heavy atom. The number of hydrogen-bond donors (Lipinski definition) is 1. The van der Waals surface area contributed by atoms with Gasteiger partial charge in [0.05, 0.1) is 42.3 Å². The highest BCUT2D eigenvalue weighted by Crippen LogP contribution is 2.40. The van der Waals surface area contributed by atoms with Gasteiger partial charge in [-0.25, -0.2) is 12.8 Å². The third-order valence-electron chi connectivity index (χ3n) is 6.71. The van der Waals surface area contributed by atoms with Gasteiger partial charge in [0.1, 0.15) is 15.7 Å². The first-order chi connectivity index (χ1) is 19.5. The Bertz CT molecular complexity index is 1410. The van der Waals surface area contributed by atoms with Crippen molar-refractivity contribution in [2.45, 2.75) is 58.4 Å². The SMILES string of the molecule is CCCCCc1cc(NC(=O)CCCCl)c2c(c1F)C(=O)N([C@H](CS(C)(=O)=O)c1ccc(OC)c(OCC)c1)C2=O. The fraction of sp³-hybridized carbons (Fsp3) is 0.483. The second-order valence-corrected chi connectivity index (χ2v) is 12.4. The van der Waals surface area contributed by atoms with Crippen LogP contribution in [0.4, 0.5) is 10.1 Å². The van der Waals surface area contributed by atoms with Crippen LogP contribution >= 0.6 is 11.6 Å². The number of anilines is 1. The molecule has 0 aliphatic carbocycles. The molecule has 224 valence electrons. The highest BCUT2D eigenvalue weighted by molar-refractivity contribution is 7.90. The molecule has 0 aromatic heterocycles. The lowest BCUT2D eigenvalue weighted by atomic mass is 9.98. The number of hydrogen-bond acceptors (Lipinski definition) is 7. The highest BCUT2D eigenvalue weighted by Gasteiger charge is 2.46. The monoisotopic (exact) mass is 610 g/mol. The fourth-order valence-electron chi connectivity index (χ4n) is 4.82. The van der Waals surface area contributed by atoms with E-state index in [9.17, 15) is 22.8 Å². The van der Waals surface area contributed by atoms with Crippen molar-refractivity contribution in [3.8, 4) is 11.5 Å². The molecule has 0 saturated carbocycles. The second kappa shape index (κ2) is 14.1. The molecule has 1 aliphatic rings. The number of benzene rings is 2. The van der Waals surface area contributed by atoms with Gasteiger partial charge in [-0.15, -0.1) is 11.6 Å². The third kappa shape index (κ3) is 7.56. The minimum absolute atomic E-state index is 0.0103. The van der Waals surface area contributed by atoms with Crippen LogP contribution in [0.2, 0.25) is 0 Å². The van der Waals surface area contributed by atoms with E-state index in [1.165, 1.54) is 25.3 Å². The molecule has 0 unspecified atom stereocenters. The normalized spacial score (nSPS) is 13.8. The lowest BCUT2D eigenvalue weighted by molar-refractivity contribution is -0.116. The summed E-state index contributed by atoms with van der Waals surface area (Å²) in [6.45, 7) is 4.04. The number of ether oxygens (including phenoxy) is 2. The van der Waals surface area contributed by atoms with Crippen LogP contribution in [0.1, 0.15) is 83.8 Å². The van der Waals surface area contributed by atoms with Crippen molar-refractivity contribution in [1.82, 2.24) is 4.90 Å². The largest absolute Gasteiger partial charge is 0.493 e. The van der Waals surface area contributed by atoms with Gasteiger partial charge in [-0.1, -0.05) is 25.8 Å². The van der Waals surface area contributed by atoms with Crippen LogP contribution in [-0.4, -0.2) is 62.6 Å². The zero-order chi connectivity index (χ0) is 30.3. The molecule has 1 atom stereocenters. The molecule has 3 amide bonds. The van der Waals surface area contributed by atoms with Gasteiger partial charge in [0.25, 0.3) is 11.8 Å². The predicted molar refractivity (Wildman–Crippen MR) is 155 cm³/mol. The Morgan fingerprint density at radius 2 is 1.78 bits per heavy atom. The number of nitrogens with zero attached hydrogens (tertiary/aromatic N) is 1. The summed E-state index contributed by atoms with van der Waals surface area (Å²) in [5.41, 5.74) is -0.297. The van der Waals surface area contributed by atoms with E-state index in [1.54, 1.807) is 13.0 Å². The minimum Gasteiger partial charge on any atom is -0.493 e. The number of alkyl halides is 1. The van der Waals surface area contributed by atoms with E-state index in [0.29, 0.717) is 30.8 Å². The summed E-state index contributed by atoms with van der Waals surface area (Å²) in [5, 5.41) is 2.66. The topological polar surface area (TPSA) is 119 Å². The summed E-state index contributed by atoms with van der Waals surface area (Å²) in [5.74, 6) is -2.86. The number of rotatable bonds is 15. The molecular formula is C29H36ClFN2O7S. The maximum absolute atomic E-state index is 15.9. The van der Waals surface area contributed by atoms with Gasteiger partial charge in [-0.3, -0.25) is 19.3 Å². The van der Waals surface area contributed by atoms with Crippen molar-refractivity contribution >= 4 is 44.8 Å². The number of carbonyl (C=O) groups is 3. The first-order valence-corrected chi connectivity index (χ1v) is 16.1. The molecule has 12 heteroatoms. The van der Waals surface area contributed by atoms with E-state index in [0.717, 1.165) is 24.0 Å². The number of methoxy groups -OCH3 is 1. The van der Waals surface area contributed by atoms with E-state index >= 15 is 4.39 Å². The summed E-state index contributed by atoms with van der Waals surface area (Å²) < 4.78 is 51.9. The summed E-state index contributed by atoms with van der Waals surface area (Å²) in [7, 11) is -2.31. The molecular weight excluding hydrogens is 575 g/mol. The average molecular weight is 611 g/mol. The van der Waals surface area contributed by atoms with Crippen LogP contribution in [0.15, 0.2) is 24.3 Å². The quantitative estimate of drug-likeness (QED) is 0.165. The van der Waals surface area contributed by atoms with Gasteiger partial charge in [0.2, 0.25) is 5.91 Å². The van der Waals surface area contributed by atoms with Gasteiger partial charge in [-0.05, 0) is 55.5 Å². The number of amides is 3. The van der Waals surface area contributed by atoms with Crippen molar-refractivity contribution in [3.05, 3.63) is 52.3 Å². The van der Waals surface area contributed by atoms with Gasteiger partial charge < -0.3 is 14.8 Å². The molecule has 0 spiro atoms. The number of carbonyl (C=O) groups excluding carboxylic acids is 3. The minimum atomic E-state index is -3.75. The molecule has 41 heavy (non-hydrogen) atoms. The Morgan fingerprint density at radius 3 is 2.39 bits per heavy atom. The van der Waals surface area contributed by atoms with E-state index in [1.807, 2.05) is 6.92 Å². The van der Waals surface area contributed by atoms with E-state index in [2.05, 4.69) is 5.32 Å². The van der Waals surface area contributed by atoms with Gasteiger partial charge in [-0.2, -0.15) is 0 Å². The first kappa shape index (κ1) is 32.3. The Balaban J connectivity index is 2.17. The van der Waals surface area contributed by atoms with Crippen LogP contribution in [0.3, 0.4) is 0 Å². The Kier molecular flexibility index (Phi) is 11.1. The van der Waals surface area contributed by atoms with Crippen LogP contribution in [-0.2, 0) is 21.1 Å². The molecule has 9 nitrogen and oxygen atoms in total. The predicted octanol–water partition coefficient (Wildman–Crippen LogP) is 5.31. The van der Waals surface area contributed by atoms with Crippen molar-refractivity contribution in [3.63, 3.8) is 0 Å². The van der Waals surface area contributed by atoms with Crippen LogP contribution in [0.25, 0.3) is 0 Å². The average Bonchev–Trinajstić information content (AvgIpc) is 3.18. The number of aryl methyl sites for hydroxylation is 1. The fourth-order valence-corrected chi connectivity index (χ4v) is 5.86. The Hall–Kier alpha value is -3.18. The second-order valence-electron chi connectivity index (χ2n) is 9.88. The van der Waals surface area contributed by atoms with Crippen molar-refractivity contribution in [2.24, 2.45) is 0 Å². The smallest absolute Gasteiger partial charge is 0.265 e. The molecule has 0 bridgehead atoms. The zero-order valence-electron chi connectivity index (χ0n) is 23.7. The lowest BCUT2D eigenvalue weighted by Gasteiger charge is -2.27. The number of nitrogens with one attached hydrogen (secondary N) is 1. The Labute approximate surface area is 245 Å². The van der Waals surface area contributed by atoms with Crippen LogP contribution in [0, 0.1) is 5.82 Å². The molecule has 0 saturated heterocycles. The van der Waals surface area contributed by atoms with Gasteiger partial charge >= 0.3 is 0 Å². The summed E-state index contributed by atoms with van der Waals surface area (Å²) in [6, 6.07) is 4.67. The molecule has 1 heterocycles. The maximum Gasteiger partial charge on any atom is 0.265 e.